The summed E-state index contributed by atoms with van der Waals surface area (Å²) in [5.74, 6) is 0.798. The van der Waals surface area contributed by atoms with Crippen molar-refractivity contribution in [2.75, 3.05) is 32.1 Å². The number of aromatic nitrogens is 4. The molecular formula is C26H28N6O. The summed E-state index contributed by atoms with van der Waals surface area (Å²) in [6.45, 7) is 3.38. The number of rotatable bonds is 4. The second kappa shape index (κ2) is 8.65. The highest BCUT2D eigenvalue weighted by Gasteiger charge is 2.29. The lowest BCUT2D eigenvalue weighted by Crippen LogP contribution is -2.39. The molecule has 1 aromatic carbocycles. The van der Waals surface area contributed by atoms with E-state index in [1.807, 2.05) is 84.1 Å². The number of pyridine rings is 1. The van der Waals surface area contributed by atoms with Gasteiger partial charge in [0.2, 0.25) is 5.95 Å². The second-order valence-corrected chi connectivity index (χ2v) is 8.92. The van der Waals surface area contributed by atoms with Gasteiger partial charge in [-0.25, -0.2) is 15.0 Å². The Morgan fingerprint density at radius 2 is 1.94 bits per heavy atom. The maximum absolute atomic E-state index is 13.4. The third-order valence-electron chi connectivity index (χ3n) is 6.22. The van der Waals surface area contributed by atoms with Crippen LogP contribution in [0.15, 0.2) is 61.1 Å². The van der Waals surface area contributed by atoms with E-state index in [2.05, 4.69) is 22.1 Å². The second-order valence-electron chi connectivity index (χ2n) is 8.92. The summed E-state index contributed by atoms with van der Waals surface area (Å²) in [5.41, 5.74) is 5.54. The van der Waals surface area contributed by atoms with Gasteiger partial charge in [-0.3, -0.25) is 4.79 Å². The van der Waals surface area contributed by atoms with Crippen LogP contribution in [0.1, 0.15) is 40.5 Å². The SMILES string of the molecule is Cc1ccn2cc(C(=O)N3CCC[C@H](c4nc(N(C)C)ncc4-c4ccccc4)C3)nc2c1. The number of carbonyl (C=O) groups excluding carboxylic acids is 1. The van der Waals surface area contributed by atoms with Crippen LogP contribution < -0.4 is 4.90 Å². The Morgan fingerprint density at radius 3 is 2.73 bits per heavy atom. The molecule has 0 N–H and O–H groups in total. The fraction of sp³-hybridized carbons (Fsp3) is 0.308. The van der Waals surface area contributed by atoms with Gasteiger partial charge in [0.15, 0.2) is 0 Å². The number of fused-ring (bicyclic) bond motifs is 1. The molecule has 1 aliphatic heterocycles. The maximum Gasteiger partial charge on any atom is 0.274 e. The van der Waals surface area contributed by atoms with Crippen molar-refractivity contribution < 1.29 is 4.79 Å². The van der Waals surface area contributed by atoms with Crippen LogP contribution >= 0.6 is 0 Å². The van der Waals surface area contributed by atoms with Gasteiger partial charge in [0, 0.05) is 57.3 Å². The fourth-order valence-electron chi connectivity index (χ4n) is 4.49. The molecule has 0 radical (unpaired) electrons. The molecule has 0 bridgehead atoms. The summed E-state index contributed by atoms with van der Waals surface area (Å²) in [6, 6.07) is 14.2. The van der Waals surface area contributed by atoms with Crippen LogP contribution in [0, 0.1) is 6.92 Å². The average molecular weight is 441 g/mol. The lowest BCUT2D eigenvalue weighted by molar-refractivity contribution is 0.0701. The highest BCUT2D eigenvalue weighted by molar-refractivity contribution is 5.93. The minimum atomic E-state index is -0.0239. The van der Waals surface area contributed by atoms with Crippen LogP contribution in [-0.4, -0.2) is 57.3 Å². The molecule has 0 saturated carbocycles. The van der Waals surface area contributed by atoms with Gasteiger partial charge in [-0.15, -0.1) is 0 Å². The van der Waals surface area contributed by atoms with Crippen LogP contribution in [0.4, 0.5) is 5.95 Å². The number of hydrogen-bond acceptors (Lipinski definition) is 5. The van der Waals surface area contributed by atoms with Crippen molar-refractivity contribution in [1.29, 1.82) is 0 Å². The predicted molar refractivity (Wildman–Crippen MR) is 130 cm³/mol. The van der Waals surface area contributed by atoms with Gasteiger partial charge in [-0.05, 0) is 43.0 Å². The molecule has 0 aliphatic carbocycles. The minimum absolute atomic E-state index is 0.0239. The summed E-state index contributed by atoms with van der Waals surface area (Å²) in [4.78, 5) is 31.3. The summed E-state index contributed by atoms with van der Waals surface area (Å²) in [5, 5.41) is 0. The molecule has 7 heteroatoms. The van der Waals surface area contributed by atoms with Crippen molar-refractivity contribution in [3.8, 4) is 11.1 Å². The molecule has 1 saturated heterocycles. The fourth-order valence-corrected chi connectivity index (χ4v) is 4.49. The van der Waals surface area contributed by atoms with E-state index in [-0.39, 0.29) is 11.8 Å². The first-order chi connectivity index (χ1) is 16.0. The van der Waals surface area contributed by atoms with E-state index in [4.69, 9.17) is 4.98 Å². The van der Waals surface area contributed by atoms with Crippen LogP contribution in [-0.2, 0) is 0 Å². The summed E-state index contributed by atoms with van der Waals surface area (Å²) in [7, 11) is 3.90. The van der Waals surface area contributed by atoms with Crippen molar-refractivity contribution in [2.45, 2.75) is 25.7 Å². The standard InChI is InChI=1S/C26H28N6O/c1-18-11-13-31-17-22(28-23(31)14-18)25(33)32-12-7-10-20(16-32)24-21(19-8-5-4-6-9-19)15-27-26(29-24)30(2)3/h4-6,8-9,11,13-15,17,20H,7,10,12,16H2,1-3H3/t20-/m0/s1. The molecular weight excluding hydrogens is 412 g/mol. The molecule has 1 fully saturated rings. The number of aryl methyl sites for hydroxylation is 1. The number of amides is 1. The maximum atomic E-state index is 13.4. The lowest BCUT2D eigenvalue weighted by Gasteiger charge is -2.33. The molecule has 5 rings (SSSR count). The smallest absolute Gasteiger partial charge is 0.274 e. The molecule has 1 aliphatic rings. The van der Waals surface area contributed by atoms with Crippen molar-refractivity contribution in [3.05, 3.63) is 78.0 Å². The third-order valence-corrected chi connectivity index (χ3v) is 6.22. The summed E-state index contributed by atoms with van der Waals surface area (Å²) >= 11 is 0. The molecule has 0 spiro atoms. The zero-order valence-corrected chi connectivity index (χ0v) is 19.3. The van der Waals surface area contributed by atoms with Gasteiger partial charge in [0.1, 0.15) is 11.3 Å². The van der Waals surface area contributed by atoms with E-state index in [9.17, 15) is 4.79 Å². The first-order valence-corrected chi connectivity index (χ1v) is 11.3. The van der Waals surface area contributed by atoms with Gasteiger partial charge in [-0.2, -0.15) is 0 Å². The Bertz CT molecular complexity index is 1300. The topological polar surface area (TPSA) is 66.6 Å². The first kappa shape index (κ1) is 21.1. The van der Waals surface area contributed by atoms with Crippen molar-refractivity contribution in [1.82, 2.24) is 24.3 Å². The molecule has 7 nitrogen and oxygen atoms in total. The summed E-state index contributed by atoms with van der Waals surface area (Å²) < 4.78 is 1.91. The Morgan fingerprint density at radius 1 is 1.12 bits per heavy atom. The van der Waals surface area contributed by atoms with Gasteiger partial charge < -0.3 is 14.2 Å². The number of imidazole rings is 1. The van der Waals surface area contributed by atoms with E-state index in [0.29, 0.717) is 18.2 Å². The Kier molecular flexibility index (Phi) is 5.54. The molecule has 1 amide bonds. The zero-order chi connectivity index (χ0) is 22.9. The highest BCUT2D eigenvalue weighted by Crippen LogP contribution is 2.34. The van der Waals surface area contributed by atoms with Crippen molar-refractivity contribution >= 4 is 17.5 Å². The zero-order valence-electron chi connectivity index (χ0n) is 19.3. The van der Waals surface area contributed by atoms with Crippen molar-refractivity contribution in [3.63, 3.8) is 0 Å². The molecule has 1 atom stereocenters. The molecule has 33 heavy (non-hydrogen) atoms. The van der Waals surface area contributed by atoms with Crippen LogP contribution in [0.25, 0.3) is 16.8 Å². The van der Waals surface area contributed by atoms with E-state index in [1.54, 1.807) is 0 Å². The van der Waals surface area contributed by atoms with Gasteiger partial charge >= 0.3 is 0 Å². The lowest BCUT2D eigenvalue weighted by atomic mass is 9.90. The number of carbonyl (C=O) groups is 1. The van der Waals surface area contributed by atoms with E-state index < -0.39 is 0 Å². The first-order valence-electron chi connectivity index (χ1n) is 11.3. The molecule has 4 heterocycles. The normalized spacial score (nSPS) is 16.2. The quantitative estimate of drug-likeness (QED) is 0.476. The molecule has 4 aromatic rings. The van der Waals surface area contributed by atoms with Gasteiger partial charge in [-0.1, -0.05) is 30.3 Å². The number of anilines is 1. The van der Waals surface area contributed by atoms with Gasteiger partial charge in [0.05, 0.1) is 5.69 Å². The monoisotopic (exact) mass is 440 g/mol. The van der Waals surface area contributed by atoms with Crippen LogP contribution in [0.5, 0.6) is 0 Å². The molecule has 0 unspecified atom stereocenters. The number of likely N-dealkylation sites (tertiary alicyclic amines) is 1. The number of hydrogen-bond donors (Lipinski definition) is 0. The van der Waals surface area contributed by atoms with E-state index in [0.717, 1.165) is 47.4 Å². The predicted octanol–water partition coefficient (Wildman–Crippen LogP) is 4.19. The Hall–Kier alpha value is -3.74. The molecule has 168 valence electrons. The number of benzene rings is 1. The Labute approximate surface area is 193 Å². The molecule has 3 aromatic heterocycles. The van der Waals surface area contributed by atoms with E-state index in [1.165, 1.54) is 0 Å². The third kappa shape index (κ3) is 4.18. The average Bonchev–Trinajstić information content (AvgIpc) is 3.27. The van der Waals surface area contributed by atoms with Crippen LogP contribution in [0.2, 0.25) is 0 Å². The highest BCUT2D eigenvalue weighted by atomic mass is 16.2. The van der Waals surface area contributed by atoms with E-state index >= 15 is 0 Å². The number of nitrogens with zero attached hydrogens (tertiary/aromatic N) is 6. The Balaban J connectivity index is 1.46. The van der Waals surface area contributed by atoms with Gasteiger partial charge in [0.25, 0.3) is 5.91 Å². The number of piperidine rings is 1. The van der Waals surface area contributed by atoms with Crippen LogP contribution in [0.3, 0.4) is 0 Å². The minimum Gasteiger partial charge on any atom is -0.347 e. The van der Waals surface area contributed by atoms with Crippen molar-refractivity contribution in [2.24, 2.45) is 0 Å². The summed E-state index contributed by atoms with van der Waals surface area (Å²) in [6.07, 6.45) is 7.60. The largest absolute Gasteiger partial charge is 0.347 e.